The van der Waals surface area contributed by atoms with Gasteiger partial charge in [-0.2, -0.15) is 0 Å². The number of carbonyl (C=O) groups excluding carboxylic acids is 1. The molecule has 0 aromatic carbocycles. The monoisotopic (exact) mass is 724 g/mol. The van der Waals surface area contributed by atoms with Crippen molar-refractivity contribution >= 4 is 5.91 Å². The van der Waals surface area contributed by atoms with Gasteiger partial charge in [-0.25, -0.2) is 0 Å². The van der Waals surface area contributed by atoms with Gasteiger partial charge in [-0.1, -0.05) is 212 Å². The summed E-state index contributed by atoms with van der Waals surface area (Å²) in [5.41, 5.74) is 0. The number of hydrogen-bond acceptors (Lipinski definition) is 5. The molecule has 0 fully saturated rings. The molecule has 0 saturated heterocycles. The number of hydrogen-bond donors (Lipinski definition) is 5. The Morgan fingerprint density at radius 3 is 1.18 bits per heavy atom. The van der Waals surface area contributed by atoms with Gasteiger partial charge in [0.2, 0.25) is 5.91 Å². The van der Waals surface area contributed by atoms with E-state index in [4.69, 9.17) is 0 Å². The first-order valence-electron chi connectivity index (χ1n) is 22.6. The fourth-order valence-electron chi connectivity index (χ4n) is 7.11. The maximum Gasteiger partial charge on any atom is 0.249 e. The standard InChI is InChI=1S/C45H89NO5/c1-3-5-7-9-11-13-15-17-19-20-21-22-23-24-25-27-28-30-32-34-36-38-42(48)44(50)41(40-47)46-45(51)43(49)39-37-35-33-31-29-26-18-16-14-12-10-8-6-4-2/h30,32,41-44,47-50H,3-29,31,33-40H2,1-2H3,(H,46,51)/b32-30+. The van der Waals surface area contributed by atoms with Crippen molar-refractivity contribution in [2.75, 3.05) is 6.61 Å². The average Bonchev–Trinajstić information content (AvgIpc) is 3.13. The third-order valence-corrected chi connectivity index (χ3v) is 10.7. The quantitative estimate of drug-likeness (QED) is 0.0319. The Labute approximate surface area is 317 Å². The molecule has 0 bridgehead atoms. The SMILES string of the molecule is CCCCCCCCCCCCCCCCCC/C=C/CCCC(O)C(O)C(CO)NC(=O)C(O)CCCCCCCCCCCCCCCC. The second-order valence-corrected chi connectivity index (χ2v) is 15.8. The van der Waals surface area contributed by atoms with E-state index in [-0.39, 0.29) is 0 Å². The molecule has 0 radical (unpaired) electrons. The molecule has 0 aliphatic carbocycles. The van der Waals surface area contributed by atoms with Crippen LogP contribution in [0.4, 0.5) is 0 Å². The molecule has 0 aromatic rings. The largest absolute Gasteiger partial charge is 0.394 e. The summed E-state index contributed by atoms with van der Waals surface area (Å²) in [5.74, 6) is -0.591. The third-order valence-electron chi connectivity index (χ3n) is 10.7. The lowest BCUT2D eigenvalue weighted by Gasteiger charge is -2.27. The Hall–Kier alpha value is -0.950. The first-order valence-corrected chi connectivity index (χ1v) is 22.6. The van der Waals surface area contributed by atoms with Gasteiger partial charge >= 0.3 is 0 Å². The van der Waals surface area contributed by atoms with Crippen molar-refractivity contribution in [3.63, 3.8) is 0 Å². The summed E-state index contributed by atoms with van der Waals surface area (Å²) in [6.45, 7) is 4.05. The van der Waals surface area contributed by atoms with E-state index < -0.39 is 36.9 Å². The van der Waals surface area contributed by atoms with Crippen molar-refractivity contribution in [3.8, 4) is 0 Å². The number of allylic oxidation sites excluding steroid dienone is 2. The number of carbonyl (C=O) groups is 1. The maximum atomic E-state index is 12.5. The first-order chi connectivity index (χ1) is 25.0. The molecule has 4 unspecified atom stereocenters. The summed E-state index contributed by atoms with van der Waals surface area (Å²) >= 11 is 0. The molecule has 0 spiro atoms. The number of unbranched alkanes of at least 4 members (excludes halogenated alkanes) is 30. The molecule has 0 heterocycles. The molecule has 0 aliphatic heterocycles. The topological polar surface area (TPSA) is 110 Å². The molecular weight excluding hydrogens is 634 g/mol. The minimum absolute atomic E-state index is 0.367. The Morgan fingerprint density at radius 2 is 0.804 bits per heavy atom. The van der Waals surface area contributed by atoms with Crippen molar-refractivity contribution in [3.05, 3.63) is 12.2 Å². The van der Waals surface area contributed by atoms with E-state index in [1.165, 1.54) is 173 Å². The summed E-state index contributed by atoms with van der Waals surface area (Å²) in [7, 11) is 0. The first kappa shape index (κ1) is 50.1. The summed E-state index contributed by atoms with van der Waals surface area (Å²) in [6, 6.07) is -0.996. The highest BCUT2D eigenvalue weighted by atomic mass is 16.3. The van der Waals surface area contributed by atoms with Crippen LogP contribution in [-0.4, -0.2) is 57.3 Å². The highest BCUT2D eigenvalue weighted by Gasteiger charge is 2.28. The molecule has 304 valence electrons. The van der Waals surface area contributed by atoms with Gasteiger partial charge < -0.3 is 25.7 Å². The van der Waals surface area contributed by atoms with Crippen molar-refractivity contribution in [1.82, 2.24) is 5.32 Å². The van der Waals surface area contributed by atoms with E-state index >= 15 is 0 Å². The van der Waals surface area contributed by atoms with E-state index in [0.29, 0.717) is 12.8 Å². The summed E-state index contributed by atoms with van der Waals surface area (Å²) in [6.07, 6.45) is 43.9. The minimum atomic E-state index is -1.28. The lowest BCUT2D eigenvalue weighted by atomic mass is 10.00. The van der Waals surface area contributed by atoms with E-state index in [1.54, 1.807) is 0 Å². The Morgan fingerprint density at radius 1 is 0.471 bits per heavy atom. The fourth-order valence-corrected chi connectivity index (χ4v) is 7.11. The van der Waals surface area contributed by atoms with Crippen LogP contribution in [0.3, 0.4) is 0 Å². The van der Waals surface area contributed by atoms with E-state index in [2.05, 4.69) is 31.3 Å². The van der Waals surface area contributed by atoms with Crippen LogP contribution in [0.5, 0.6) is 0 Å². The van der Waals surface area contributed by atoms with Crippen LogP contribution >= 0.6 is 0 Å². The van der Waals surface area contributed by atoms with Crippen LogP contribution in [0.25, 0.3) is 0 Å². The Balaban J connectivity index is 3.73. The second-order valence-electron chi connectivity index (χ2n) is 15.8. The average molecular weight is 724 g/mol. The van der Waals surface area contributed by atoms with Crippen molar-refractivity contribution in [2.45, 2.75) is 263 Å². The number of aliphatic hydroxyl groups is 4. The van der Waals surface area contributed by atoms with Gasteiger partial charge in [0, 0.05) is 0 Å². The summed E-state index contributed by atoms with van der Waals surface area (Å²) in [5, 5.41) is 43.6. The molecule has 0 aliphatic rings. The van der Waals surface area contributed by atoms with Crippen LogP contribution in [-0.2, 0) is 4.79 Å². The Kier molecular flexibility index (Phi) is 39.5. The highest BCUT2D eigenvalue weighted by Crippen LogP contribution is 2.16. The molecule has 5 N–H and O–H groups in total. The van der Waals surface area contributed by atoms with Crippen LogP contribution in [0.15, 0.2) is 12.2 Å². The number of rotatable bonds is 41. The number of amides is 1. The second kappa shape index (κ2) is 40.2. The molecule has 6 nitrogen and oxygen atoms in total. The smallest absolute Gasteiger partial charge is 0.249 e. The number of nitrogens with one attached hydrogen (secondary N) is 1. The van der Waals surface area contributed by atoms with Crippen LogP contribution in [0, 0.1) is 0 Å². The summed E-state index contributed by atoms with van der Waals surface area (Å²) < 4.78 is 0. The Bertz CT molecular complexity index is 731. The number of aliphatic hydroxyl groups excluding tert-OH is 4. The van der Waals surface area contributed by atoms with Crippen LogP contribution < -0.4 is 5.32 Å². The molecule has 0 rings (SSSR count). The molecular formula is C45H89NO5. The minimum Gasteiger partial charge on any atom is -0.394 e. The van der Waals surface area contributed by atoms with Crippen molar-refractivity contribution in [2.24, 2.45) is 0 Å². The molecule has 0 saturated carbocycles. The van der Waals surface area contributed by atoms with Gasteiger partial charge in [0.25, 0.3) is 0 Å². The predicted molar refractivity (Wildman–Crippen MR) is 219 cm³/mol. The lowest BCUT2D eigenvalue weighted by Crippen LogP contribution is -2.53. The normalized spacial score (nSPS) is 14.2. The van der Waals surface area contributed by atoms with Gasteiger partial charge in [0.05, 0.1) is 18.8 Å². The highest BCUT2D eigenvalue weighted by molar-refractivity contribution is 5.80. The van der Waals surface area contributed by atoms with Crippen molar-refractivity contribution < 1.29 is 25.2 Å². The lowest BCUT2D eigenvalue weighted by molar-refractivity contribution is -0.132. The molecule has 4 atom stereocenters. The van der Waals surface area contributed by atoms with Crippen LogP contribution in [0.2, 0.25) is 0 Å². The van der Waals surface area contributed by atoms with E-state index in [1.807, 2.05) is 0 Å². The van der Waals surface area contributed by atoms with Gasteiger partial charge in [0.1, 0.15) is 12.2 Å². The molecule has 51 heavy (non-hydrogen) atoms. The predicted octanol–water partition coefficient (Wildman–Crippen LogP) is 11.8. The third kappa shape index (κ3) is 34.6. The zero-order valence-electron chi connectivity index (χ0n) is 34.1. The molecule has 1 amide bonds. The van der Waals surface area contributed by atoms with Gasteiger partial charge in [-0.15, -0.1) is 0 Å². The van der Waals surface area contributed by atoms with Crippen molar-refractivity contribution in [1.29, 1.82) is 0 Å². The van der Waals surface area contributed by atoms with Gasteiger partial charge in [-0.05, 0) is 38.5 Å². The molecule has 6 heteroatoms. The zero-order valence-corrected chi connectivity index (χ0v) is 34.1. The van der Waals surface area contributed by atoms with E-state index in [0.717, 1.165) is 38.5 Å². The maximum absolute atomic E-state index is 12.5. The molecule has 0 aromatic heterocycles. The van der Waals surface area contributed by atoms with Gasteiger partial charge in [0.15, 0.2) is 0 Å². The van der Waals surface area contributed by atoms with E-state index in [9.17, 15) is 25.2 Å². The summed E-state index contributed by atoms with van der Waals surface area (Å²) in [4.78, 5) is 12.5. The van der Waals surface area contributed by atoms with Crippen LogP contribution in [0.1, 0.15) is 239 Å². The van der Waals surface area contributed by atoms with Gasteiger partial charge in [-0.3, -0.25) is 4.79 Å². The fraction of sp³-hybridized carbons (Fsp3) is 0.933. The zero-order chi connectivity index (χ0) is 37.5.